The van der Waals surface area contributed by atoms with Gasteiger partial charge in [0.2, 0.25) is 5.91 Å². The summed E-state index contributed by atoms with van der Waals surface area (Å²) in [4.78, 5) is 29.8. The van der Waals surface area contributed by atoms with E-state index in [0.29, 0.717) is 22.6 Å². The van der Waals surface area contributed by atoms with Crippen molar-refractivity contribution in [3.8, 4) is 12.3 Å². The third kappa shape index (κ3) is 6.49. The van der Waals surface area contributed by atoms with Crippen LogP contribution in [0.2, 0.25) is 0 Å². The van der Waals surface area contributed by atoms with E-state index in [9.17, 15) is 9.59 Å². The number of nitrogens with one attached hydrogen (secondary N) is 2. The van der Waals surface area contributed by atoms with Crippen LogP contribution in [-0.4, -0.2) is 43.7 Å². The average molecular weight is 482 g/mol. The number of terminal acetylenes is 1. The van der Waals surface area contributed by atoms with E-state index in [4.69, 9.17) is 11.2 Å². The van der Waals surface area contributed by atoms with Gasteiger partial charge in [0.05, 0.1) is 23.0 Å². The summed E-state index contributed by atoms with van der Waals surface area (Å²) in [5.41, 5.74) is 1.96. The molecule has 2 amide bonds. The van der Waals surface area contributed by atoms with Crippen LogP contribution in [0.25, 0.3) is 0 Å². The number of amides is 2. The summed E-state index contributed by atoms with van der Waals surface area (Å²) >= 11 is 1.25. The van der Waals surface area contributed by atoms with Crippen LogP contribution >= 0.6 is 11.3 Å². The minimum atomic E-state index is -0.997. The molecule has 2 aromatic rings. The lowest BCUT2D eigenvalue weighted by atomic mass is 9.89. The number of thiophene rings is 1. The highest BCUT2D eigenvalue weighted by Crippen LogP contribution is 2.27. The first-order valence-corrected chi connectivity index (χ1v) is 12.4. The number of aryl methyl sites for hydroxylation is 1. The van der Waals surface area contributed by atoms with E-state index < -0.39 is 5.54 Å². The lowest BCUT2D eigenvalue weighted by molar-refractivity contribution is -0.122. The molecule has 0 aliphatic carbocycles. The zero-order valence-electron chi connectivity index (χ0n) is 20.4. The zero-order valence-corrected chi connectivity index (χ0v) is 21.2. The third-order valence-corrected chi connectivity index (χ3v) is 6.86. The van der Waals surface area contributed by atoms with E-state index in [1.165, 1.54) is 11.3 Å². The topological polar surface area (TPSA) is 70.7 Å². The van der Waals surface area contributed by atoms with Crippen LogP contribution in [0.3, 0.4) is 0 Å². The number of nitrogens with zero attached hydrogens (tertiary/aromatic N) is 1. The molecular formula is C27H35N3O3S. The standard InChI is InChI=1S/C25H31N3O3S.C2H4/c1-5-12-25(7-3,27-23(29)22-11-9-20(6-2)32-22)24(30)26-19-8-10-21(18(4)17-19)28-13-15-31-16-14-28;1-2/h2,8-11,17H,5,7,12-16H2,1,3-4H3,(H,26,30)(H,27,29);1-2H2. The van der Waals surface area contributed by atoms with Crippen molar-refractivity contribution >= 4 is 34.5 Å². The minimum Gasteiger partial charge on any atom is -0.378 e. The molecule has 2 N–H and O–H groups in total. The van der Waals surface area contributed by atoms with E-state index in [0.717, 1.165) is 49.7 Å². The van der Waals surface area contributed by atoms with Crippen LogP contribution in [-0.2, 0) is 9.53 Å². The van der Waals surface area contributed by atoms with Crippen molar-refractivity contribution in [1.29, 1.82) is 0 Å². The molecule has 1 fully saturated rings. The maximum atomic E-state index is 13.4. The average Bonchev–Trinajstić information content (AvgIpc) is 3.35. The van der Waals surface area contributed by atoms with Gasteiger partial charge in [-0.3, -0.25) is 9.59 Å². The molecule has 0 saturated carbocycles. The first-order chi connectivity index (χ1) is 16.4. The highest BCUT2D eigenvalue weighted by Gasteiger charge is 2.38. The normalized spacial score (nSPS) is 14.7. The smallest absolute Gasteiger partial charge is 0.262 e. The molecule has 182 valence electrons. The SMILES string of the molecule is C#Cc1ccc(C(=O)NC(CC)(CCC)C(=O)Nc2ccc(N3CCOCC3)c(C)c2)s1.C=C. The van der Waals surface area contributed by atoms with E-state index >= 15 is 0 Å². The van der Waals surface area contributed by atoms with Crippen molar-refractivity contribution in [2.24, 2.45) is 0 Å². The molecule has 1 unspecified atom stereocenters. The molecule has 1 aliphatic rings. The van der Waals surface area contributed by atoms with E-state index in [1.54, 1.807) is 12.1 Å². The fourth-order valence-electron chi connectivity index (χ4n) is 4.04. The second-order valence-corrected chi connectivity index (χ2v) is 9.09. The molecule has 0 bridgehead atoms. The van der Waals surface area contributed by atoms with Crippen molar-refractivity contribution in [2.45, 2.75) is 45.6 Å². The Morgan fingerprint density at radius 2 is 1.91 bits per heavy atom. The molecule has 7 heteroatoms. The first kappa shape index (κ1) is 27.2. The van der Waals surface area contributed by atoms with Gasteiger partial charge in [-0.15, -0.1) is 30.9 Å². The van der Waals surface area contributed by atoms with Crippen LogP contribution in [0.5, 0.6) is 0 Å². The number of anilines is 2. The van der Waals surface area contributed by atoms with Gasteiger partial charge in [-0.1, -0.05) is 26.2 Å². The molecular weight excluding hydrogens is 446 g/mol. The molecule has 0 spiro atoms. The highest BCUT2D eigenvalue weighted by atomic mass is 32.1. The fourth-order valence-corrected chi connectivity index (χ4v) is 4.76. The molecule has 2 heterocycles. The fraction of sp³-hybridized carbons (Fsp3) is 0.407. The number of carbonyl (C=O) groups excluding carboxylic acids is 2. The number of morpholine rings is 1. The van der Waals surface area contributed by atoms with Crippen LogP contribution in [0, 0.1) is 19.3 Å². The highest BCUT2D eigenvalue weighted by molar-refractivity contribution is 7.14. The Hall–Kier alpha value is -3.08. The van der Waals surface area contributed by atoms with Gasteiger partial charge in [-0.25, -0.2) is 0 Å². The second kappa shape index (κ2) is 13.0. The van der Waals surface area contributed by atoms with Crippen LogP contribution in [0.4, 0.5) is 11.4 Å². The maximum Gasteiger partial charge on any atom is 0.262 e. The number of benzene rings is 1. The van der Waals surface area contributed by atoms with Crippen molar-refractivity contribution < 1.29 is 14.3 Å². The van der Waals surface area contributed by atoms with Gasteiger partial charge in [-0.2, -0.15) is 0 Å². The van der Waals surface area contributed by atoms with Gasteiger partial charge in [-0.05, 0) is 55.7 Å². The molecule has 34 heavy (non-hydrogen) atoms. The van der Waals surface area contributed by atoms with Crippen molar-refractivity contribution in [3.63, 3.8) is 0 Å². The monoisotopic (exact) mass is 481 g/mol. The lowest BCUT2D eigenvalue weighted by Crippen LogP contribution is -2.56. The van der Waals surface area contributed by atoms with E-state index in [1.807, 2.05) is 39.0 Å². The van der Waals surface area contributed by atoms with E-state index in [2.05, 4.69) is 34.6 Å². The molecule has 1 aromatic carbocycles. The second-order valence-electron chi connectivity index (χ2n) is 8.00. The van der Waals surface area contributed by atoms with Crippen molar-refractivity contribution in [1.82, 2.24) is 5.32 Å². The molecule has 6 nitrogen and oxygen atoms in total. The molecule has 1 atom stereocenters. The van der Waals surface area contributed by atoms with Gasteiger partial charge in [0.25, 0.3) is 5.91 Å². The van der Waals surface area contributed by atoms with Gasteiger partial charge in [0.1, 0.15) is 5.54 Å². The maximum absolute atomic E-state index is 13.4. The lowest BCUT2D eigenvalue weighted by Gasteiger charge is -2.33. The predicted molar refractivity (Wildman–Crippen MR) is 142 cm³/mol. The summed E-state index contributed by atoms with van der Waals surface area (Å²) in [5.74, 6) is 2.06. The van der Waals surface area contributed by atoms with Gasteiger partial charge in [0.15, 0.2) is 0 Å². The summed E-state index contributed by atoms with van der Waals surface area (Å²) < 4.78 is 5.44. The Morgan fingerprint density at radius 3 is 2.47 bits per heavy atom. The minimum absolute atomic E-state index is 0.206. The number of carbonyl (C=O) groups is 2. The molecule has 1 saturated heterocycles. The molecule has 3 rings (SSSR count). The predicted octanol–water partition coefficient (Wildman–Crippen LogP) is 4.99. The largest absolute Gasteiger partial charge is 0.378 e. The van der Waals surface area contributed by atoms with Gasteiger partial charge >= 0.3 is 0 Å². The Balaban J connectivity index is 0.00000199. The van der Waals surface area contributed by atoms with Crippen LogP contribution in [0.15, 0.2) is 43.5 Å². The Kier molecular flexibility index (Phi) is 10.4. The number of ether oxygens (including phenoxy) is 1. The molecule has 1 aromatic heterocycles. The quantitative estimate of drug-likeness (QED) is 0.411. The number of rotatable bonds is 8. The number of hydrogen-bond donors (Lipinski definition) is 2. The first-order valence-electron chi connectivity index (χ1n) is 11.6. The van der Waals surface area contributed by atoms with Crippen LogP contribution in [0.1, 0.15) is 53.2 Å². The Morgan fingerprint density at radius 1 is 1.21 bits per heavy atom. The Bertz CT molecular complexity index is 1020. The van der Waals surface area contributed by atoms with Crippen molar-refractivity contribution in [2.75, 3.05) is 36.5 Å². The molecule has 0 radical (unpaired) electrons. The van der Waals surface area contributed by atoms with Crippen LogP contribution < -0.4 is 15.5 Å². The molecule has 1 aliphatic heterocycles. The zero-order chi connectivity index (χ0) is 25.1. The summed E-state index contributed by atoms with van der Waals surface area (Å²) in [6.45, 7) is 15.1. The van der Waals surface area contributed by atoms with E-state index in [-0.39, 0.29) is 11.8 Å². The number of hydrogen-bond acceptors (Lipinski definition) is 5. The third-order valence-electron chi connectivity index (χ3n) is 5.85. The summed E-state index contributed by atoms with van der Waals surface area (Å²) in [6, 6.07) is 9.38. The van der Waals surface area contributed by atoms with Gasteiger partial charge < -0.3 is 20.3 Å². The Labute approximate surface area is 207 Å². The van der Waals surface area contributed by atoms with Gasteiger partial charge in [0, 0.05) is 24.5 Å². The van der Waals surface area contributed by atoms with Crippen molar-refractivity contribution in [3.05, 3.63) is 58.8 Å². The summed E-state index contributed by atoms with van der Waals surface area (Å²) in [7, 11) is 0. The summed E-state index contributed by atoms with van der Waals surface area (Å²) in [6.07, 6.45) is 7.21. The summed E-state index contributed by atoms with van der Waals surface area (Å²) in [5, 5.41) is 6.04.